The Morgan fingerprint density at radius 2 is 1.93 bits per heavy atom. The molecule has 0 bridgehead atoms. The standard InChI is InChI=1S/C8H13ClN4.ClH/c1-2-10-3-4-11-8-12-5-7(9)6-13-8;/h5-6,10H,2-4H2,1H3,(H,11,12,13);1H. The van der Waals surface area contributed by atoms with Gasteiger partial charge in [-0.25, -0.2) is 9.97 Å². The van der Waals surface area contributed by atoms with Crippen LogP contribution in [0.1, 0.15) is 6.92 Å². The molecule has 0 fully saturated rings. The highest BCUT2D eigenvalue weighted by Gasteiger charge is 1.93. The SMILES string of the molecule is CCNCCNc1ncc(Cl)cn1.Cl. The predicted octanol–water partition coefficient (Wildman–Crippen LogP) is 1.57. The van der Waals surface area contributed by atoms with Crippen LogP contribution < -0.4 is 10.6 Å². The quantitative estimate of drug-likeness (QED) is 0.763. The van der Waals surface area contributed by atoms with E-state index in [2.05, 4.69) is 27.5 Å². The van der Waals surface area contributed by atoms with Crippen molar-refractivity contribution in [2.75, 3.05) is 25.0 Å². The fraction of sp³-hybridized carbons (Fsp3) is 0.500. The average molecular weight is 237 g/mol. The summed E-state index contributed by atoms with van der Waals surface area (Å²) in [7, 11) is 0. The molecule has 1 rings (SSSR count). The molecule has 80 valence electrons. The van der Waals surface area contributed by atoms with Crippen molar-refractivity contribution in [3.05, 3.63) is 17.4 Å². The summed E-state index contributed by atoms with van der Waals surface area (Å²) in [5, 5.41) is 6.80. The van der Waals surface area contributed by atoms with E-state index in [9.17, 15) is 0 Å². The number of nitrogens with one attached hydrogen (secondary N) is 2. The summed E-state index contributed by atoms with van der Waals surface area (Å²) in [5.74, 6) is 0.613. The molecule has 1 aromatic heterocycles. The Labute approximate surface area is 94.9 Å². The summed E-state index contributed by atoms with van der Waals surface area (Å²) in [6.07, 6.45) is 3.15. The third-order valence-corrected chi connectivity index (χ3v) is 1.65. The van der Waals surface area contributed by atoms with E-state index in [-0.39, 0.29) is 12.4 Å². The Morgan fingerprint density at radius 3 is 2.50 bits per heavy atom. The van der Waals surface area contributed by atoms with Crippen LogP contribution in [0.3, 0.4) is 0 Å². The monoisotopic (exact) mass is 236 g/mol. The van der Waals surface area contributed by atoms with Crippen molar-refractivity contribution in [1.82, 2.24) is 15.3 Å². The zero-order valence-corrected chi connectivity index (χ0v) is 9.53. The number of aromatic nitrogens is 2. The molecule has 14 heavy (non-hydrogen) atoms. The van der Waals surface area contributed by atoms with Crippen LogP contribution in [0.2, 0.25) is 5.02 Å². The third kappa shape index (κ3) is 5.21. The van der Waals surface area contributed by atoms with E-state index in [1.807, 2.05) is 0 Å². The Kier molecular flexibility index (Phi) is 7.47. The van der Waals surface area contributed by atoms with Crippen LogP contribution in [0.15, 0.2) is 12.4 Å². The van der Waals surface area contributed by atoms with Crippen molar-refractivity contribution in [2.24, 2.45) is 0 Å². The highest BCUT2D eigenvalue weighted by molar-refractivity contribution is 6.30. The Morgan fingerprint density at radius 1 is 1.29 bits per heavy atom. The number of nitrogens with zero attached hydrogens (tertiary/aromatic N) is 2. The molecular formula is C8H14Cl2N4. The van der Waals surface area contributed by atoms with E-state index in [4.69, 9.17) is 11.6 Å². The van der Waals surface area contributed by atoms with Gasteiger partial charge in [0.05, 0.1) is 17.4 Å². The van der Waals surface area contributed by atoms with Crippen molar-refractivity contribution in [2.45, 2.75) is 6.92 Å². The Hall–Kier alpha value is -0.580. The lowest BCUT2D eigenvalue weighted by Gasteiger charge is -2.03. The molecule has 0 spiro atoms. The van der Waals surface area contributed by atoms with E-state index in [1.54, 1.807) is 12.4 Å². The van der Waals surface area contributed by atoms with Gasteiger partial charge in [-0.05, 0) is 6.54 Å². The fourth-order valence-electron chi connectivity index (χ4n) is 0.843. The summed E-state index contributed by atoms with van der Waals surface area (Å²) in [4.78, 5) is 7.99. The summed E-state index contributed by atoms with van der Waals surface area (Å²) < 4.78 is 0. The molecule has 0 aliphatic heterocycles. The summed E-state index contributed by atoms with van der Waals surface area (Å²) in [6, 6.07) is 0. The van der Waals surface area contributed by atoms with Gasteiger partial charge in [-0.1, -0.05) is 18.5 Å². The molecule has 0 atom stereocenters. The van der Waals surface area contributed by atoms with E-state index in [0.29, 0.717) is 11.0 Å². The smallest absolute Gasteiger partial charge is 0.222 e. The lowest BCUT2D eigenvalue weighted by atomic mass is 10.6. The molecule has 2 N–H and O–H groups in total. The molecule has 0 aliphatic rings. The minimum absolute atomic E-state index is 0. The highest BCUT2D eigenvalue weighted by Crippen LogP contribution is 2.04. The summed E-state index contributed by atoms with van der Waals surface area (Å²) >= 11 is 5.63. The van der Waals surface area contributed by atoms with Crippen LogP contribution in [0.5, 0.6) is 0 Å². The number of anilines is 1. The largest absolute Gasteiger partial charge is 0.353 e. The first-order chi connectivity index (χ1) is 6.33. The molecule has 4 nitrogen and oxygen atoms in total. The minimum Gasteiger partial charge on any atom is -0.353 e. The van der Waals surface area contributed by atoms with Crippen LogP contribution in [0.4, 0.5) is 5.95 Å². The molecule has 0 saturated carbocycles. The number of rotatable bonds is 5. The Balaban J connectivity index is 0.00000169. The van der Waals surface area contributed by atoms with Crippen LogP contribution in [-0.2, 0) is 0 Å². The van der Waals surface area contributed by atoms with Gasteiger partial charge < -0.3 is 10.6 Å². The van der Waals surface area contributed by atoms with Crippen molar-refractivity contribution in [3.8, 4) is 0 Å². The second-order valence-electron chi connectivity index (χ2n) is 2.51. The first kappa shape index (κ1) is 13.4. The number of hydrogen-bond acceptors (Lipinski definition) is 4. The molecule has 0 amide bonds. The van der Waals surface area contributed by atoms with Gasteiger partial charge >= 0.3 is 0 Å². The van der Waals surface area contributed by atoms with E-state index < -0.39 is 0 Å². The minimum atomic E-state index is 0. The van der Waals surface area contributed by atoms with Gasteiger partial charge in [0.15, 0.2) is 0 Å². The van der Waals surface area contributed by atoms with Gasteiger partial charge in [0.25, 0.3) is 0 Å². The number of halogens is 2. The molecular weight excluding hydrogens is 223 g/mol. The lowest BCUT2D eigenvalue weighted by Crippen LogP contribution is -2.22. The maximum absolute atomic E-state index is 5.63. The normalized spacial score (nSPS) is 9.29. The first-order valence-corrected chi connectivity index (χ1v) is 4.63. The number of hydrogen-bond donors (Lipinski definition) is 2. The molecule has 1 heterocycles. The van der Waals surface area contributed by atoms with Crippen LogP contribution in [0.25, 0.3) is 0 Å². The molecule has 0 saturated heterocycles. The Bertz CT molecular complexity index is 240. The molecule has 0 unspecified atom stereocenters. The molecule has 6 heteroatoms. The predicted molar refractivity (Wildman–Crippen MR) is 61.3 cm³/mol. The lowest BCUT2D eigenvalue weighted by molar-refractivity contribution is 0.736. The van der Waals surface area contributed by atoms with Gasteiger partial charge in [0, 0.05) is 13.1 Å². The maximum Gasteiger partial charge on any atom is 0.222 e. The van der Waals surface area contributed by atoms with E-state index in [1.165, 1.54) is 0 Å². The van der Waals surface area contributed by atoms with Crippen molar-refractivity contribution in [1.29, 1.82) is 0 Å². The van der Waals surface area contributed by atoms with Gasteiger partial charge in [-0.15, -0.1) is 12.4 Å². The van der Waals surface area contributed by atoms with Crippen molar-refractivity contribution >= 4 is 30.0 Å². The van der Waals surface area contributed by atoms with Gasteiger partial charge in [0.1, 0.15) is 0 Å². The number of likely N-dealkylation sites (N-methyl/N-ethyl adjacent to an activating group) is 1. The average Bonchev–Trinajstić information content (AvgIpc) is 2.15. The third-order valence-electron chi connectivity index (χ3n) is 1.46. The summed E-state index contributed by atoms with van der Waals surface area (Å²) in [6.45, 7) is 4.76. The van der Waals surface area contributed by atoms with Crippen LogP contribution >= 0.6 is 24.0 Å². The second-order valence-corrected chi connectivity index (χ2v) is 2.94. The second kappa shape index (κ2) is 7.79. The molecule has 0 aromatic carbocycles. The topological polar surface area (TPSA) is 49.8 Å². The van der Waals surface area contributed by atoms with Gasteiger partial charge in [0.2, 0.25) is 5.95 Å². The van der Waals surface area contributed by atoms with E-state index >= 15 is 0 Å². The zero-order chi connectivity index (χ0) is 9.52. The summed E-state index contributed by atoms with van der Waals surface area (Å²) in [5.41, 5.74) is 0. The molecule has 0 radical (unpaired) electrons. The fourth-order valence-corrected chi connectivity index (χ4v) is 0.941. The van der Waals surface area contributed by atoms with Gasteiger partial charge in [-0.2, -0.15) is 0 Å². The maximum atomic E-state index is 5.63. The molecule has 1 aromatic rings. The molecule has 0 aliphatic carbocycles. The van der Waals surface area contributed by atoms with Crippen molar-refractivity contribution in [3.63, 3.8) is 0 Å². The van der Waals surface area contributed by atoms with Gasteiger partial charge in [-0.3, -0.25) is 0 Å². The highest BCUT2D eigenvalue weighted by atomic mass is 35.5. The zero-order valence-electron chi connectivity index (χ0n) is 7.96. The van der Waals surface area contributed by atoms with E-state index in [0.717, 1.165) is 19.6 Å². The first-order valence-electron chi connectivity index (χ1n) is 4.25. The van der Waals surface area contributed by atoms with Crippen LogP contribution in [0, 0.1) is 0 Å². The van der Waals surface area contributed by atoms with Crippen molar-refractivity contribution < 1.29 is 0 Å². The van der Waals surface area contributed by atoms with Crippen LogP contribution in [-0.4, -0.2) is 29.6 Å².